The molecule has 1 unspecified atom stereocenters. The third kappa shape index (κ3) is 4.61. The Morgan fingerprint density at radius 3 is 2.54 bits per heavy atom. The predicted molar refractivity (Wildman–Crippen MR) is 90.1 cm³/mol. The molecule has 1 aliphatic rings. The van der Waals surface area contributed by atoms with Crippen molar-refractivity contribution in [1.82, 2.24) is 15.5 Å². The van der Waals surface area contributed by atoms with E-state index in [9.17, 15) is 9.59 Å². The van der Waals surface area contributed by atoms with Crippen molar-refractivity contribution in [1.29, 1.82) is 0 Å². The standard InChI is InChI=1S/C17H25N3O4/c1-4-18-16(21)10-15-17(22)19-5-6-20(15)11-12-7-13(23-2)9-14(8-12)24-3/h7-9,15H,4-6,10-11H2,1-3H3,(H,18,21)(H,19,22). The molecule has 1 aromatic rings. The summed E-state index contributed by atoms with van der Waals surface area (Å²) < 4.78 is 10.6. The number of carbonyl (C=O) groups is 2. The van der Waals surface area contributed by atoms with E-state index < -0.39 is 6.04 Å². The van der Waals surface area contributed by atoms with Gasteiger partial charge in [0.1, 0.15) is 11.5 Å². The van der Waals surface area contributed by atoms with Crippen LogP contribution in [0.15, 0.2) is 18.2 Å². The monoisotopic (exact) mass is 335 g/mol. The van der Waals surface area contributed by atoms with E-state index in [1.54, 1.807) is 20.3 Å². The molecular weight excluding hydrogens is 310 g/mol. The lowest BCUT2D eigenvalue weighted by atomic mass is 10.1. The van der Waals surface area contributed by atoms with Crippen molar-refractivity contribution in [2.75, 3.05) is 33.9 Å². The molecule has 0 saturated carbocycles. The highest BCUT2D eigenvalue weighted by Crippen LogP contribution is 2.24. The Kier molecular flexibility index (Phi) is 6.43. The van der Waals surface area contributed by atoms with Crippen LogP contribution in [0.1, 0.15) is 18.9 Å². The molecule has 2 rings (SSSR count). The van der Waals surface area contributed by atoms with Gasteiger partial charge in [-0.15, -0.1) is 0 Å². The number of methoxy groups -OCH3 is 2. The van der Waals surface area contributed by atoms with Crippen LogP contribution >= 0.6 is 0 Å². The number of rotatable bonds is 7. The Bertz CT molecular complexity index is 569. The first-order chi connectivity index (χ1) is 11.6. The maximum Gasteiger partial charge on any atom is 0.237 e. The van der Waals surface area contributed by atoms with Crippen LogP contribution in [-0.4, -0.2) is 56.6 Å². The molecule has 132 valence electrons. The second-order valence-corrected chi connectivity index (χ2v) is 5.66. The van der Waals surface area contributed by atoms with Gasteiger partial charge in [0, 0.05) is 32.2 Å². The Balaban J connectivity index is 2.15. The van der Waals surface area contributed by atoms with Gasteiger partial charge in [0.05, 0.1) is 26.7 Å². The van der Waals surface area contributed by atoms with Crippen molar-refractivity contribution in [3.8, 4) is 11.5 Å². The smallest absolute Gasteiger partial charge is 0.237 e. The Labute approximate surface area is 142 Å². The van der Waals surface area contributed by atoms with Crippen LogP contribution in [-0.2, 0) is 16.1 Å². The van der Waals surface area contributed by atoms with Gasteiger partial charge in [-0.3, -0.25) is 14.5 Å². The van der Waals surface area contributed by atoms with E-state index in [0.29, 0.717) is 37.7 Å². The van der Waals surface area contributed by atoms with Crippen LogP contribution in [0.4, 0.5) is 0 Å². The molecule has 7 heteroatoms. The van der Waals surface area contributed by atoms with Crippen molar-refractivity contribution >= 4 is 11.8 Å². The Morgan fingerprint density at radius 2 is 1.96 bits per heavy atom. The molecule has 24 heavy (non-hydrogen) atoms. The summed E-state index contributed by atoms with van der Waals surface area (Å²) >= 11 is 0. The highest BCUT2D eigenvalue weighted by molar-refractivity contribution is 5.88. The van der Waals surface area contributed by atoms with Crippen molar-refractivity contribution < 1.29 is 19.1 Å². The Hall–Kier alpha value is -2.28. The lowest BCUT2D eigenvalue weighted by molar-refractivity contribution is -0.134. The number of nitrogens with one attached hydrogen (secondary N) is 2. The normalized spacial score (nSPS) is 18.0. The molecule has 0 aromatic heterocycles. The lowest BCUT2D eigenvalue weighted by Crippen LogP contribution is -2.56. The summed E-state index contributed by atoms with van der Waals surface area (Å²) in [6, 6.07) is 5.16. The van der Waals surface area contributed by atoms with E-state index in [1.807, 2.05) is 24.0 Å². The highest BCUT2D eigenvalue weighted by atomic mass is 16.5. The van der Waals surface area contributed by atoms with Gasteiger partial charge >= 0.3 is 0 Å². The summed E-state index contributed by atoms with van der Waals surface area (Å²) in [5.41, 5.74) is 0.974. The molecule has 1 aromatic carbocycles. The number of benzene rings is 1. The average molecular weight is 335 g/mol. The molecule has 0 spiro atoms. The molecule has 1 fully saturated rings. The summed E-state index contributed by atoms with van der Waals surface area (Å²) in [6.07, 6.45) is 0.154. The van der Waals surface area contributed by atoms with E-state index in [1.165, 1.54) is 0 Å². The molecule has 0 aliphatic carbocycles. The molecule has 2 N–H and O–H groups in total. The van der Waals surface area contributed by atoms with Gasteiger partial charge in [-0.2, -0.15) is 0 Å². The minimum absolute atomic E-state index is 0.109. The SMILES string of the molecule is CCNC(=O)CC1C(=O)NCCN1Cc1cc(OC)cc(OC)c1. The van der Waals surface area contributed by atoms with Gasteiger partial charge in [0.15, 0.2) is 0 Å². The zero-order valence-electron chi connectivity index (χ0n) is 14.4. The van der Waals surface area contributed by atoms with Gasteiger partial charge in [-0.25, -0.2) is 0 Å². The van der Waals surface area contributed by atoms with Crippen LogP contribution in [0.3, 0.4) is 0 Å². The topological polar surface area (TPSA) is 79.9 Å². The van der Waals surface area contributed by atoms with E-state index in [-0.39, 0.29) is 18.2 Å². The molecule has 1 heterocycles. The van der Waals surface area contributed by atoms with Crippen LogP contribution in [0.25, 0.3) is 0 Å². The molecule has 1 saturated heterocycles. The van der Waals surface area contributed by atoms with Crippen molar-refractivity contribution in [3.05, 3.63) is 23.8 Å². The number of piperazine rings is 1. The molecule has 0 bridgehead atoms. The first-order valence-corrected chi connectivity index (χ1v) is 8.07. The van der Waals surface area contributed by atoms with Crippen LogP contribution < -0.4 is 20.1 Å². The summed E-state index contributed by atoms with van der Waals surface area (Å²) in [7, 11) is 3.20. The van der Waals surface area contributed by atoms with Gasteiger partial charge in [-0.05, 0) is 24.6 Å². The van der Waals surface area contributed by atoms with Crippen LogP contribution in [0.5, 0.6) is 11.5 Å². The number of nitrogens with zero attached hydrogens (tertiary/aromatic N) is 1. The first-order valence-electron chi connectivity index (χ1n) is 8.07. The van der Waals surface area contributed by atoms with Crippen LogP contribution in [0.2, 0.25) is 0 Å². The zero-order chi connectivity index (χ0) is 17.5. The fourth-order valence-corrected chi connectivity index (χ4v) is 2.81. The maximum absolute atomic E-state index is 12.2. The predicted octanol–water partition coefficient (Wildman–Crippen LogP) is 0.530. The molecule has 7 nitrogen and oxygen atoms in total. The minimum Gasteiger partial charge on any atom is -0.497 e. The molecule has 2 amide bonds. The van der Waals surface area contributed by atoms with E-state index >= 15 is 0 Å². The fourth-order valence-electron chi connectivity index (χ4n) is 2.81. The zero-order valence-corrected chi connectivity index (χ0v) is 14.4. The lowest BCUT2D eigenvalue weighted by Gasteiger charge is -2.34. The molecule has 0 radical (unpaired) electrons. The summed E-state index contributed by atoms with van der Waals surface area (Å²) in [5, 5.41) is 5.58. The van der Waals surface area contributed by atoms with E-state index in [0.717, 1.165) is 5.56 Å². The van der Waals surface area contributed by atoms with Gasteiger partial charge in [0.2, 0.25) is 11.8 Å². The second kappa shape index (κ2) is 8.54. The number of carbonyl (C=O) groups excluding carboxylic acids is 2. The van der Waals surface area contributed by atoms with Gasteiger partial charge < -0.3 is 20.1 Å². The third-order valence-electron chi connectivity index (χ3n) is 3.99. The van der Waals surface area contributed by atoms with Gasteiger partial charge in [0.25, 0.3) is 0 Å². The first kappa shape index (κ1) is 18.1. The fraction of sp³-hybridized carbons (Fsp3) is 0.529. The quantitative estimate of drug-likeness (QED) is 0.760. The number of hydrogen-bond donors (Lipinski definition) is 2. The van der Waals surface area contributed by atoms with E-state index in [4.69, 9.17) is 9.47 Å². The molecule has 1 atom stereocenters. The van der Waals surface area contributed by atoms with Crippen LogP contribution in [0, 0.1) is 0 Å². The maximum atomic E-state index is 12.2. The summed E-state index contributed by atoms with van der Waals surface area (Å²) in [4.78, 5) is 26.1. The van der Waals surface area contributed by atoms with Crippen molar-refractivity contribution in [3.63, 3.8) is 0 Å². The average Bonchev–Trinajstić information content (AvgIpc) is 2.57. The molecule has 1 aliphatic heterocycles. The molecular formula is C17H25N3O4. The van der Waals surface area contributed by atoms with Gasteiger partial charge in [-0.1, -0.05) is 0 Å². The number of amides is 2. The second-order valence-electron chi connectivity index (χ2n) is 5.66. The highest BCUT2D eigenvalue weighted by Gasteiger charge is 2.31. The largest absolute Gasteiger partial charge is 0.497 e. The van der Waals surface area contributed by atoms with E-state index in [2.05, 4.69) is 10.6 Å². The Morgan fingerprint density at radius 1 is 1.29 bits per heavy atom. The minimum atomic E-state index is -0.470. The summed E-state index contributed by atoms with van der Waals surface area (Å²) in [6.45, 7) is 4.23. The van der Waals surface area contributed by atoms with Crippen molar-refractivity contribution in [2.24, 2.45) is 0 Å². The number of ether oxygens (including phenoxy) is 2. The summed E-state index contributed by atoms with van der Waals surface area (Å²) in [5.74, 6) is 1.17. The number of hydrogen-bond acceptors (Lipinski definition) is 5. The van der Waals surface area contributed by atoms with Crippen molar-refractivity contribution in [2.45, 2.75) is 25.9 Å². The third-order valence-corrected chi connectivity index (χ3v) is 3.99.